The van der Waals surface area contributed by atoms with Crippen LogP contribution < -0.4 is 5.32 Å². The highest BCUT2D eigenvalue weighted by atomic mass is 16.4. The van der Waals surface area contributed by atoms with Crippen molar-refractivity contribution in [3.63, 3.8) is 0 Å². The summed E-state index contributed by atoms with van der Waals surface area (Å²) in [5, 5.41) is 20.4. The number of nitrogens with one attached hydrogen (secondary N) is 1. The van der Waals surface area contributed by atoms with Crippen molar-refractivity contribution in [2.24, 2.45) is 0 Å². The number of nitrogens with zero attached hydrogens (tertiary/aromatic N) is 2. The lowest BCUT2D eigenvalue weighted by molar-refractivity contribution is -0.139. The summed E-state index contributed by atoms with van der Waals surface area (Å²) in [5.74, 6) is -1.16. The molecule has 0 aliphatic heterocycles. The predicted molar refractivity (Wildman–Crippen MR) is 78.7 cm³/mol. The lowest BCUT2D eigenvalue weighted by atomic mass is 10.2. The van der Waals surface area contributed by atoms with Crippen molar-refractivity contribution >= 4 is 17.6 Å². The quantitative estimate of drug-likeness (QED) is 0.796. The molecule has 1 amide bonds. The molecule has 1 aromatic rings. The molecular formula is C15H19N3O3. The number of anilines is 1. The maximum absolute atomic E-state index is 11.9. The number of para-hydroxylation sites is 1. The highest BCUT2D eigenvalue weighted by Crippen LogP contribution is 2.13. The van der Waals surface area contributed by atoms with E-state index in [1.807, 2.05) is 19.9 Å². The molecule has 0 saturated heterocycles. The van der Waals surface area contributed by atoms with Crippen LogP contribution >= 0.6 is 0 Å². The number of hydrogen-bond acceptors (Lipinski definition) is 4. The maximum Gasteiger partial charge on any atom is 0.317 e. The van der Waals surface area contributed by atoms with E-state index in [0.29, 0.717) is 17.8 Å². The fourth-order valence-corrected chi connectivity index (χ4v) is 1.84. The predicted octanol–water partition coefficient (Wildman–Crippen LogP) is 1.68. The van der Waals surface area contributed by atoms with Gasteiger partial charge in [-0.05, 0) is 26.0 Å². The van der Waals surface area contributed by atoms with Gasteiger partial charge in [-0.25, -0.2) is 0 Å². The van der Waals surface area contributed by atoms with E-state index in [0.717, 1.165) is 0 Å². The Morgan fingerprint density at radius 1 is 1.38 bits per heavy atom. The fourth-order valence-electron chi connectivity index (χ4n) is 1.84. The molecule has 0 heterocycles. The standard InChI is InChI=1S/C15H19N3O3/c1-11(2)18(10-15(20)21)8-7-14(19)17-13-6-4-3-5-12(13)9-16/h3-6,11H,7-8,10H2,1-2H3,(H,17,19)(H,20,21). The molecule has 6 nitrogen and oxygen atoms in total. The van der Waals surface area contributed by atoms with E-state index in [-0.39, 0.29) is 24.9 Å². The number of amides is 1. The van der Waals surface area contributed by atoms with E-state index >= 15 is 0 Å². The first kappa shape index (κ1) is 16.7. The van der Waals surface area contributed by atoms with Crippen molar-refractivity contribution in [2.75, 3.05) is 18.4 Å². The molecule has 0 fully saturated rings. The third-order valence-corrected chi connectivity index (χ3v) is 3.02. The molecule has 0 radical (unpaired) electrons. The zero-order valence-corrected chi connectivity index (χ0v) is 12.2. The lowest BCUT2D eigenvalue weighted by Gasteiger charge is -2.24. The summed E-state index contributed by atoms with van der Waals surface area (Å²) in [4.78, 5) is 24.4. The zero-order valence-electron chi connectivity index (χ0n) is 12.2. The van der Waals surface area contributed by atoms with Crippen LogP contribution in [0.4, 0.5) is 5.69 Å². The van der Waals surface area contributed by atoms with E-state index in [1.54, 1.807) is 29.2 Å². The van der Waals surface area contributed by atoms with Gasteiger partial charge in [0.25, 0.3) is 0 Å². The molecule has 6 heteroatoms. The van der Waals surface area contributed by atoms with E-state index < -0.39 is 5.97 Å². The van der Waals surface area contributed by atoms with Crippen LogP contribution in [0, 0.1) is 11.3 Å². The summed E-state index contributed by atoms with van der Waals surface area (Å²) in [5.41, 5.74) is 0.872. The molecule has 1 rings (SSSR count). The molecule has 0 atom stereocenters. The molecule has 2 N–H and O–H groups in total. The average molecular weight is 289 g/mol. The molecular weight excluding hydrogens is 270 g/mol. The molecule has 0 aliphatic rings. The first-order chi connectivity index (χ1) is 9.93. The van der Waals surface area contributed by atoms with Crippen molar-refractivity contribution in [3.8, 4) is 6.07 Å². The summed E-state index contributed by atoms with van der Waals surface area (Å²) >= 11 is 0. The van der Waals surface area contributed by atoms with Crippen molar-refractivity contribution in [1.29, 1.82) is 5.26 Å². The minimum Gasteiger partial charge on any atom is -0.480 e. The second-order valence-corrected chi connectivity index (χ2v) is 4.91. The summed E-state index contributed by atoms with van der Waals surface area (Å²) in [6, 6.07) is 8.80. The highest BCUT2D eigenvalue weighted by Gasteiger charge is 2.15. The smallest absolute Gasteiger partial charge is 0.317 e. The summed E-state index contributed by atoms with van der Waals surface area (Å²) in [7, 11) is 0. The number of rotatable bonds is 7. The van der Waals surface area contributed by atoms with Gasteiger partial charge in [-0.2, -0.15) is 5.26 Å². The number of nitriles is 1. The number of carboxylic acids is 1. The second kappa shape index (κ2) is 8.02. The first-order valence-electron chi connectivity index (χ1n) is 6.69. The van der Waals surface area contributed by atoms with Gasteiger partial charge in [0.15, 0.2) is 0 Å². The molecule has 0 spiro atoms. The van der Waals surface area contributed by atoms with Gasteiger partial charge >= 0.3 is 5.97 Å². The third-order valence-electron chi connectivity index (χ3n) is 3.02. The van der Waals surface area contributed by atoms with Crippen LogP contribution in [0.15, 0.2) is 24.3 Å². The molecule has 0 aliphatic carbocycles. The Labute approximate surface area is 124 Å². The maximum atomic E-state index is 11.9. The van der Waals surface area contributed by atoms with Gasteiger partial charge in [-0.15, -0.1) is 0 Å². The molecule has 0 saturated carbocycles. The molecule has 0 bridgehead atoms. The lowest BCUT2D eigenvalue weighted by Crippen LogP contribution is -2.37. The van der Waals surface area contributed by atoms with Crippen molar-refractivity contribution in [3.05, 3.63) is 29.8 Å². The van der Waals surface area contributed by atoms with Crippen molar-refractivity contribution in [2.45, 2.75) is 26.3 Å². The van der Waals surface area contributed by atoms with Crippen LogP contribution in [0.25, 0.3) is 0 Å². The largest absolute Gasteiger partial charge is 0.480 e. The van der Waals surface area contributed by atoms with Crippen LogP contribution in [-0.2, 0) is 9.59 Å². The summed E-state index contributed by atoms with van der Waals surface area (Å²) in [6.45, 7) is 4.02. The van der Waals surface area contributed by atoms with E-state index in [4.69, 9.17) is 10.4 Å². The highest BCUT2D eigenvalue weighted by molar-refractivity contribution is 5.92. The van der Waals surface area contributed by atoms with Gasteiger partial charge in [-0.1, -0.05) is 12.1 Å². The van der Waals surface area contributed by atoms with Crippen molar-refractivity contribution in [1.82, 2.24) is 4.90 Å². The monoisotopic (exact) mass is 289 g/mol. The number of hydrogen-bond donors (Lipinski definition) is 2. The normalized spacial score (nSPS) is 10.4. The Kier molecular flexibility index (Phi) is 6.37. The van der Waals surface area contributed by atoms with E-state index in [2.05, 4.69) is 5.32 Å². The molecule has 112 valence electrons. The van der Waals surface area contributed by atoms with Gasteiger partial charge in [-0.3, -0.25) is 14.5 Å². The summed E-state index contributed by atoms with van der Waals surface area (Å²) < 4.78 is 0. The Hall–Kier alpha value is -2.39. The minimum atomic E-state index is -0.918. The summed E-state index contributed by atoms with van der Waals surface area (Å²) in [6.07, 6.45) is 0.172. The minimum absolute atomic E-state index is 0.0419. The SMILES string of the molecule is CC(C)N(CCC(=O)Nc1ccccc1C#N)CC(=O)O. The first-order valence-corrected chi connectivity index (χ1v) is 6.69. The zero-order chi connectivity index (χ0) is 15.8. The van der Waals surface area contributed by atoms with Gasteiger partial charge in [0.2, 0.25) is 5.91 Å². The van der Waals surface area contributed by atoms with Gasteiger partial charge in [0.1, 0.15) is 6.07 Å². The van der Waals surface area contributed by atoms with Crippen LogP contribution in [-0.4, -0.2) is 41.0 Å². The topological polar surface area (TPSA) is 93.4 Å². The van der Waals surface area contributed by atoms with E-state index in [9.17, 15) is 9.59 Å². The fraction of sp³-hybridized carbons (Fsp3) is 0.400. The molecule has 1 aromatic carbocycles. The van der Waals surface area contributed by atoms with Crippen molar-refractivity contribution < 1.29 is 14.7 Å². The third kappa shape index (κ3) is 5.63. The van der Waals surface area contributed by atoms with Crippen LogP contribution in [0.3, 0.4) is 0 Å². The number of carboxylic acid groups (broad SMARTS) is 1. The average Bonchev–Trinajstić information content (AvgIpc) is 2.43. The molecule has 21 heavy (non-hydrogen) atoms. The van der Waals surface area contributed by atoms with Crippen LogP contribution in [0.5, 0.6) is 0 Å². The number of carbonyl (C=O) groups is 2. The van der Waals surface area contributed by atoms with Crippen LogP contribution in [0.1, 0.15) is 25.8 Å². The van der Waals surface area contributed by atoms with Gasteiger partial charge < -0.3 is 10.4 Å². The Morgan fingerprint density at radius 2 is 2.05 bits per heavy atom. The number of aliphatic carboxylic acids is 1. The van der Waals surface area contributed by atoms with Crippen LogP contribution in [0.2, 0.25) is 0 Å². The Morgan fingerprint density at radius 3 is 2.62 bits per heavy atom. The molecule has 0 aromatic heterocycles. The molecule has 0 unspecified atom stereocenters. The number of carbonyl (C=O) groups excluding carboxylic acids is 1. The van der Waals surface area contributed by atoms with E-state index in [1.165, 1.54) is 0 Å². The second-order valence-electron chi connectivity index (χ2n) is 4.91. The Bertz CT molecular complexity index is 549. The van der Waals surface area contributed by atoms with Gasteiger partial charge in [0.05, 0.1) is 17.8 Å². The Balaban J connectivity index is 2.57. The van der Waals surface area contributed by atoms with Gasteiger partial charge in [0, 0.05) is 19.0 Å². The number of benzene rings is 1.